The number of nitrogens with one attached hydrogen (secondary N) is 2. The number of nitrogens with zero attached hydrogens (tertiary/aromatic N) is 1. The molecule has 0 heterocycles. The molecule has 0 unspecified atom stereocenters. The fourth-order valence-corrected chi connectivity index (χ4v) is 2.66. The van der Waals surface area contributed by atoms with Crippen molar-refractivity contribution < 1.29 is 9.84 Å². The van der Waals surface area contributed by atoms with Crippen LogP contribution in [0.4, 0.5) is 0 Å². The van der Waals surface area contributed by atoms with Crippen molar-refractivity contribution >= 4 is 5.96 Å². The number of aromatic hydroxyl groups is 1. The van der Waals surface area contributed by atoms with E-state index in [0.29, 0.717) is 18.7 Å². The van der Waals surface area contributed by atoms with Crippen molar-refractivity contribution in [1.82, 2.24) is 10.6 Å². The summed E-state index contributed by atoms with van der Waals surface area (Å²) < 4.78 is 5.11. The highest BCUT2D eigenvalue weighted by molar-refractivity contribution is 5.79. The number of phenols is 1. The van der Waals surface area contributed by atoms with Gasteiger partial charge in [0.15, 0.2) is 5.96 Å². The molecule has 0 aliphatic carbocycles. The van der Waals surface area contributed by atoms with Crippen LogP contribution in [0.15, 0.2) is 53.5 Å². The standard InChI is InChI=1S/C21H29N3O2/c1-3-22-21(23-14-7-10-17-8-5-4-6-9-17)24-15-13-18-11-12-19(26-2)16-20(18)25/h4-6,8-9,11-12,16,25H,3,7,10,13-15H2,1-2H3,(H2,22,23,24). The molecule has 0 fully saturated rings. The maximum Gasteiger partial charge on any atom is 0.191 e. The Morgan fingerprint density at radius 2 is 1.88 bits per heavy atom. The molecule has 0 atom stereocenters. The fourth-order valence-electron chi connectivity index (χ4n) is 2.66. The summed E-state index contributed by atoms with van der Waals surface area (Å²) in [5.41, 5.74) is 2.23. The summed E-state index contributed by atoms with van der Waals surface area (Å²) in [5.74, 6) is 1.73. The SMILES string of the molecule is CCNC(=NCCCc1ccccc1)NCCc1ccc(OC)cc1O. The molecule has 140 valence electrons. The number of rotatable bonds is 9. The normalized spacial score (nSPS) is 11.2. The third-order valence-corrected chi connectivity index (χ3v) is 4.06. The molecule has 5 nitrogen and oxygen atoms in total. The van der Waals surface area contributed by atoms with E-state index in [9.17, 15) is 5.11 Å². The number of guanidine groups is 1. The summed E-state index contributed by atoms with van der Waals surface area (Å²) in [6.45, 7) is 4.34. The third kappa shape index (κ3) is 6.67. The second kappa shape index (κ2) is 11.0. The lowest BCUT2D eigenvalue weighted by Gasteiger charge is -2.12. The Kier molecular flexibility index (Phi) is 8.33. The molecule has 2 rings (SSSR count). The molecule has 0 bridgehead atoms. The molecule has 0 amide bonds. The summed E-state index contributed by atoms with van der Waals surface area (Å²) >= 11 is 0. The Hall–Kier alpha value is -2.69. The van der Waals surface area contributed by atoms with Crippen LogP contribution in [0, 0.1) is 0 Å². The molecule has 5 heteroatoms. The topological polar surface area (TPSA) is 65.9 Å². The largest absolute Gasteiger partial charge is 0.508 e. The molecule has 0 aliphatic heterocycles. The lowest BCUT2D eigenvalue weighted by molar-refractivity contribution is 0.406. The maximum atomic E-state index is 10.0. The number of aryl methyl sites for hydroxylation is 1. The molecule has 0 aromatic heterocycles. The number of phenolic OH excluding ortho intramolecular Hbond substituents is 1. The van der Waals surface area contributed by atoms with Crippen LogP contribution in [0.2, 0.25) is 0 Å². The van der Waals surface area contributed by atoms with E-state index in [-0.39, 0.29) is 5.75 Å². The molecule has 2 aromatic carbocycles. The molecular weight excluding hydrogens is 326 g/mol. The predicted molar refractivity (Wildman–Crippen MR) is 107 cm³/mol. The van der Waals surface area contributed by atoms with E-state index in [2.05, 4.69) is 46.8 Å². The quantitative estimate of drug-likeness (QED) is 0.367. The van der Waals surface area contributed by atoms with Crippen LogP contribution in [0.5, 0.6) is 11.5 Å². The van der Waals surface area contributed by atoms with Crippen molar-refractivity contribution in [2.24, 2.45) is 4.99 Å². The highest BCUT2D eigenvalue weighted by Crippen LogP contribution is 2.23. The first-order valence-corrected chi connectivity index (χ1v) is 9.15. The van der Waals surface area contributed by atoms with E-state index < -0.39 is 0 Å². The molecule has 0 saturated heterocycles. The average molecular weight is 355 g/mol. The summed E-state index contributed by atoms with van der Waals surface area (Å²) in [4.78, 5) is 4.62. The molecular formula is C21H29N3O2. The van der Waals surface area contributed by atoms with Gasteiger partial charge >= 0.3 is 0 Å². The number of benzene rings is 2. The van der Waals surface area contributed by atoms with Gasteiger partial charge in [-0.2, -0.15) is 0 Å². The van der Waals surface area contributed by atoms with Crippen molar-refractivity contribution in [3.8, 4) is 11.5 Å². The minimum absolute atomic E-state index is 0.260. The van der Waals surface area contributed by atoms with Gasteiger partial charge in [0.1, 0.15) is 11.5 Å². The van der Waals surface area contributed by atoms with E-state index in [4.69, 9.17) is 4.74 Å². The predicted octanol–water partition coefficient (Wildman–Crippen LogP) is 3.13. The first kappa shape index (κ1) is 19.6. The molecule has 0 aliphatic rings. The highest BCUT2D eigenvalue weighted by atomic mass is 16.5. The number of aliphatic imine (C=N–C) groups is 1. The van der Waals surface area contributed by atoms with Gasteiger partial charge in [-0.15, -0.1) is 0 Å². The van der Waals surface area contributed by atoms with Gasteiger partial charge in [0.25, 0.3) is 0 Å². The zero-order valence-electron chi connectivity index (χ0n) is 15.7. The van der Waals surface area contributed by atoms with Crippen LogP contribution in [0.3, 0.4) is 0 Å². The Bertz CT molecular complexity index is 687. The monoisotopic (exact) mass is 355 g/mol. The Morgan fingerprint density at radius 1 is 1.08 bits per heavy atom. The fraction of sp³-hybridized carbons (Fsp3) is 0.381. The molecule has 0 saturated carbocycles. The van der Waals surface area contributed by atoms with E-state index in [1.807, 2.05) is 18.2 Å². The van der Waals surface area contributed by atoms with Gasteiger partial charge in [0, 0.05) is 25.7 Å². The second-order valence-corrected chi connectivity index (χ2v) is 6.02. The van der Waals surface area contributed by atoms with Crippen LogP contribution < -0.4 is 15.4 Å². The molecule has 3 N–H and O–H groups in total. The zero-order chi connectivity index (χ0) is 18.6. The maximum absolute atomic E-state index is 10.0. The van der Waals surface area contributed by atoms with E-state index in [1.54, 1.807) is 13.2 Å². The second-order valence-electron chi connectivity index (χ2n) is 6.02. The van der Waals surface area contributed by atoms with E-state index in [0.717, 1.165) is 37.5 Å². The van der Waals surface area contributed by atoms with Gasteiger partial charge in [0.2, 0.25) is 0 Å². The van der Waals surface area contributed by atoms with Crippen molar-refractivity contribution in [3.05, 3.63) is 59.7 Å². The molecule has 26 heavy (non-hydrogen) atoms. The van der Waals surface area contributed by atoms with Crippen LogP contribution in [0.25, 0.3) is 0 Å². The highest BCUT2D eigenvalue weighted by Gasteiger charge is 2.04. The Labute approximate surface area is 156 Å². The lowest BCUT2D eigenvalue weighted by Crippen LogP contribution is -2.38. The summed E-state index contributed by atoms with van der Waals surface area (Å²) in [6, 6.07) is 15.9. The van der Waals surface area contributed by atoms with Crippen molar-refractivity contribution in [1.29, 1.82) is 0 Å². The number of methoxy groups -OCH3 is 1. The summed E-state index contributed by atoms with van der Waals surface area (Å²) in [6.07, 6.45) is 2.76. The molecule has 0 spiro atoms. The van der Waals surface area contributed by atoms with Gasteiger partial charge in [-0.25, -0.2) is 0 Å². The van der Waals surface area contributed by atoms with Gasteiger partial charge in [0.05, 0.1) is 7.11 Å². The molecule has 2 aromatic rings. The van der Waals surface area contributed by atoms with Gasteiger partial charge < -0.3 is 20.5 Å². The Balaban J connectivity index is 1.78. The molecule has 0 radical (unpaired) electrons. The van der Waals surface area contributed by atoms with Crippen molar-refractivity contribution in [2.45, 2.75) is 26.2 Å². The van der Waals surface area contributed by atoms with Gasteiger partial charge in [-0.3, -0.25) is 4.99 Å². The summed E-state index contributed by atoms with van der Waals surface area (Å²) in [5, 5.41) is 16.6. The first-order chi connectivity index (χ1) is 12.7. The van der Waals surface area contributed by atoms with Crippen LogP contribution >= 0.6 is 0 Å². The number of hydrogen-bond donors (Lipinski definition) is 3. The average Bonchev–Trinajstić information content (AvgIpc) is 2.67. The van der Waals surface area contributed by atoms with Gasteiger partial charge in [-0.05, 0) is 43.4 Å². The first-order valence-electron chi connectivity index (χ1n) is 9.15. The van der Waals surface area contributed by atoms with Gasteiger partial charge in [-0.1, -0.05) is 36.4 Å². The zero-order valence-corrected chi connectivity index (χ0v) is 15.7. The van der Waals surface area contributed by atoms with Crippen LogP contribution in [0.1, 0.15) is 24.5 Å². The smallest absolute Gasteiger partial charge is 0.191 e. The third-order valence-electron chi connectivity index (χ3n) is 4.06. The summed E-state index contributed by atoms with van der Waals surface area (Å²) in [7, 11) is 1.59. The van der Waals surface area contributed by atoms with E-state index >= 15 is 0 Å². The number of ether oxygens (including phenoxy) is 1. The number of hydrogen-bond acceptors (Lipinski definition) is 3. The van der Waals surface area contributed by atoms with Crippen LogP contribution in [-0.4, -0.2) is 37.8 Å². The van der Waals surface area contributed by atoms with Crippen LogP contribution in [-0.2, 0) is 12.8 Å². The lowest BCUT2D eigenvalue weighted by atomic mass is 10.1. The minimum Gasteiger partial charge on any atom is -0.508 e. The van der Waals surface area contributed by atoms with Crippen molar-refractivity contribution in [2.75, 3.05) is 26.7 Å². The van der Waals surface area contributed by atoms with E-state index in [1.165, 1.54) is 5.56 Å². The Morgan fingerprint density at radius 3 is 2.58 bits per heavy atom. The van der Waals surface area contributed by atoms with Crippen molar-refractivity contribution in [3.63, 3.8) is 0 Å². The minimum atomic E-state index is 0.260.